The highest BCUT2D eigenvalue weighted by Crippen LogP contribution is 2.33. The third kappa shape index (κ3) is 2.26. The largest absolute Gasteiger partial charge is 0.386 e. The van der Waals surface area contributed by atoms with E-state index in [4.69, 9.17) is 4.74 Å². The number of fused-ring (bicyclic) bond motifs is 1. The molecule has 1 N–H and O–H groups in total. The lowest BCUT2D eigenvalue weighted by atomic mass is 9.90. The fourth-order valence-electron chi connectivity index (χ4n) is 3.39. The Morgan fingerprint density at radius 3 is 2.76 bits per heavy atom. The molecule has 0 aromatic carbocycles. The van der Waals surface area contributed by atoms with E-state index in [2.05, 4.69) is 5.10 Å². The highest BCUT2D eigenvalue weighted by Gasteiger charge is 2.44. The van der Waals surface area contributed by atoms with Crippen LogP contribution in [0.3, 0.4) is 0 Å². The van der Waals surface area contributed by atoms with Gasteiger partial charge < -0.3 is 14.7 Å². The van der Waals surface area contributed by atoms with Gasteiger partial charge in [-0.25, -0.2) is 0 Å². The predicted molar refractivity (Wildman–Crippen MR) is 77.0 cm³/mol. The van der Waals surface area contributed by atoms with Gasteiger partial charge in [0.25, 0.3) is 5.91 Å². The van der Waals surface area contributed by atoms with Crippen molar-refractivity contribution >= 4 is 5.91 Å². The van der Waals surface area contributed by atoms with Crippen molar-refractivity contribution in [3.8, 4) is 0 Å². The monoisotopic (exact) mass is 293 g/mol. The number of carbonyl (C=O) groups is 1. The summed E-state index contributed by atoms with van der Waals surface area (Å²) in [5.41, 5.74) is 1.80. The molecule has 116 valence electrons. The van der Waals surface area contributed by atoms with Gasteiger partial charge in [0.15, 0.2) is 5.69 Å². The van der Waals surface area contributed by atoms with Crippen molar-refractivity contribution in [2.45, 2.75) is 51.4 Å². The smallest absolute Gasteiger partial charge is 0.274 e. The molecular formula is C15H23N3O3. The molecular weight excluding hydrogens is 270 g/mol. The number of carbonyl (C=O) groups excluding carboxylic acids is 1. The van der Waals surface area contributed by atoms with Crippen molar-refractivity contribution in [1.82, 2.24) is 14.7 Å². The molecule has 2 aliphatic heterocycles. The second-order valence-corrected chi connectivity index (χ2v) is 6.37. The van der Waals surface area contributed by atoms with E-state index in [0.717, 1.165) is 11.3 Å². The van der Waals surface area contributed by atoms with Crippen LogP contribution in [0.25, 0.3) is 0 Å². The van der Waals surface area contributed by atoms with Crippen LogP contribution in [0.15, 0.2) is 0 Å². The number of hydrogen-bond acceptors (Lipinski definition) is 4. The summed E-state index contributed by atoms with van der Waals surface area (Å²) in [4.78, 5) is 14.3. The second-order valence-electron chi connectivity index (χ2n) is 6.37. The van der Waals surface area contributed by atoms with Gasteiger partial charge in [-0.3, -0.25) is 9.48 Å². The average molecular weight is 293 g/mol. The summed E-state index contributed by atoms with van der Waals surface area (Å²) in [5, 5.41) is 14.5. The number of aryl methyl sites for hydroxylation is 1. The highest BCUT2D eigenvalue weighted by atomic mass is 16.5. The molecule has 3 rings (SSSR count). The maximum atomic E-state index is 12.6. The van der Waals surface area contributed by atoms with E-state index in [9.17, 15) is 9.90 Å². The molecule has 0 unspecified atom stereocenters. The average Bonchev–Trinajstić information content (AvgIpc) is 2.71. The summed E-state index contributed by atoms with van der Waals surface area (Å²) in [5.74, 6) is -0.0775. The lowest BCUT2D eigenvalue weighted by Crippen LogP contribution is -2.63. The van der Waals surface area contributed by atoms with Crippen LogP contribution in [0.5, 0.6) is 0 Å². The zero-order valence-electron chi connectivity index (χ0n) is 13.1. The molecule has 2 atom stereocenters. The molecule has 3 heterocycles. The topological polar surface area (TPSA) is 67.6 Å². The van der Waals surface area contributed by atoms with Crippen molar-refractivity contribution in [2.75, 3.05) is 13.1 Å². The van der Waals surface area contributed by atoms with E-state index >= 15 is 0 Å². The lowest BCUT2D eigenvalue weighted by molar-refractivity contribution is -0.0829. The predicted octanol–water partition coefficient (Wildman–Crippen LogP) is 1.04. The summed E-state index contributed by atoms with van der Waals surface area (Å²) < 4.78 is 7.57. The molecule has 1 aromatic rings. The normalized spacial score (nSPS) is 27.2. The molecule has 0 bridgehead atoms. The van der Waals surface area contributed by atoms with E-state index in [-0.39, 0.29) is 18.1 Å². The van der Waals surface area contributed by atoms with Crippen LogP contribution in [0.4, 0.5) is 0 Å². The minimum Gasteiger partial charge on any atom is -0.386 e. The van der Waals surface area contributed by atoms with E-state index in [1.54, 1.807) is 9.58 Å². The van der Waals surface area contributed by atoms with Gasteiger partial charge in [0.2, 0.25) is 0 Å². The van der Waals surface area contributed by atoms with Crippen LogP contribution in [-0.4, -0.2) is 50.5 Å². The summed E-state index contributed by atoms with van der Waals surface area (Å²) >= 11 is 0. The first-order valence-corrected chi connectivity index (χ1v) is 7.57. The fraction of sp³-hybridized carbons (Fsp3) is 0.733. The van der Waals surface area contributed by atoms with Crippen LogP contribution in [-0.2, 0) is 18.2 Å². The summed E-state index contributed by atoms with van der Waals surface area (Å²) in [6, 6.07) is 0. The molecule has 1 aromatic heterocycles. The van der Waals surface area contributed by atoms with Crippen LogP contribution >= 0.6 is 0 Å². The molecule has 0 radical (unpaired) electrons. The number of aromatic nitrogens is 2. The minimum atomic E-state index is -0.714. The molecule has 2 aliphatic rings. The molecule has 1 fully saturated rings. The molecule has 21 heavy (non-hydrogen) atoms. The number of aliphatic hydroxyl groups is 1. The van der Waals surface area contributed by atoms with Gasteiger partial charge >= 0.3 is 0 Å². The Kier molecular flexibility index (Phi) is 3.33. The Bertz CT molecular complexity index is 575. The number of rotatable bonds is 2. The van der Waals surface area contributed by atoms with Crippen LogP contribution in [0.1, 0.15) is 55.0 Å². The Morgan fingerprint density at radius 2 is 2.14 bits per heavy atom. The number of nitrogens with zero attached hydrogens (tertiary/aromatic N) is 3. The third-order valence-corrected chi connectivity index (χ3v) is 4.63. The Labute approximate surface area is 124 Å². The molecule has 0 spiro atoms. The highest BCUT2D eigenvalue weighted by molar-refractivity contribution is 5.95. The maximum absolute atomic E-state index is 12.6. The molecule has 0 aliphatic carbocycles. The van der Waals surface area contributed by atoms with Gasteiger partial charge in [-0.05, 0) is 20.3 Å². The van der Waals surface area contributed by atoms with Crippen LogP contribution < -0.4 is 0 Å². The van der Waals surface area contributed by atoms with Crippen LogP contribution in [0, 0.1) is 0 Å². The molecule has 6 heteroatoms. The third-order valence-electron chi connectivity index (χ3n) is 4.63. The van der Waals surface area contributed by atoms with Crippen LogP contribution in [0.2, 0.25) is 0 Å². The Morgan fingerprint density at radius 1 is 1.48 bits per heavy atom. The summed E-state index contributed by atoms with van der Waals surface area (Å²) in [7, 11) is 1.85. The van der Waals surface area contributed by atoms with E-state index in [1.807, 2.05) is 27.8 Å². The Balaban J connectivity index is 1.87. The first-order valence-electron chi connectivity index (χ1n) is 7.57. The molecule has 1 amide bonds. The van der Waals surface area contributed by atoms with E-state index < -0.39 is 5.60 Å². The maximum Gasteiger partial charge on any atom is 0.274 e. The molecule has 1 saturated heterocycles. The molecule has 6 nitrogen and oxygen atoms in total. The standard InChI is InChI=1S/C15H23N3O3/c1-5-15(20)7-18(8-15)14(19)12-11-6-9(2)21-10(3)13(11)17(4)16-12/h9-10,20H,5-8H2,1-4H3/t9-,10+/m0/s1. The lowest BCUT2D eigenvalue weighted by Gasteiger charge is -2.45. The van der Waals surface area contributed by atoms with Crippen molar-refractivity contribution < 1.29 is 14.6 Å². The van der Waals surface area contributed by atoms with Crippen molar-refractivity contribution in [3.63, 3.8) is 0 Å². The van der Waals surface area contributed by atoms with Gasteiger partial charge in [-0.2, -0.15) is 5.10 Å². The van der Waals surface area contributed by atoms with E-state index in [0.29, 0.717) is 31.6 Å². The van der Waals surface area contributed by atoms with Gasteiger partial charge in [-0.1, -0.05) is 6.92 Å². The fourth-order valence-corrected chi connectivity index (χ4v) is 3.39. The SMILES string of the molecule is CCC1(O)CN(C(=O)c2nn(C)c3c2C[C@H](C)O[C@@H]3C)C1. The summed E-state index contributed by atoms with van der Waals surface area (Å²) in [6.07, 6.45) is 1.42. The minimum absolute atomic E-state index is 0.0493. The van der Waals surface area contributed by atoms with Gasteiger partial charge in [0.05, 0.1) is 36.6 Å². The first kappa shape index (κ1) is 14.5. The second kappa shape index (κ2) is 4.81. The number of hydrogen-bond donors (Lipinski definition) is 1. The zero-order valence-corrected chi connectivity index (χ0v) is 13.1. The number of amides is 1. The first-order chi connectivity index (χ1) is 9.84. The van der Waals surface area contributed by atoms with Gasteiger partial charge in [-0.15, -0.1) is 0 Å². The Hall–Kier alpha value is -1.40. The van der Waals surface area contributed by atoms with Crippen molar-refractivity contribution in [3.05, 3.63) is 17.0 Å². The summed E-state index contributed by atoms with van der Waals surface area (Å²) in [6.45, 7) is 6.74. The van der Waals surface area contributed by atoms with Crippen molar-refractivity contribution in [1.29, 1.82) is 0 Å². The zero-order chi connectivity index (χ0) is 15.4. The van der Waals surface area contributed by atoms with Gasteiger partial charge in [0.1, 0.15) is 0 Å². The number of β-amino-alcohol motifs (C(OH)–C–C–N with tert-alkyl or cyclic N) is 1. The number of ether oxygens (including phenoxy) is 1. The van der Waals surface area contributed by atoms with E-state index in [1.165, 1.54) is 0 Å². The van der Waals surface area contributed by atoms with Crippen molar-refractivity contribution in [2.24, 2.45) is 7.05 Å². The number of likely N-dealkylation sites (tertiary alicyclic amines) is 1. The molecule has 0 saturated carbocycles. The van der Waals surface area contributed by atoms with Gasteiger partial charge in [0, 0.05) is 19.0 Å². The quantitative estimate of drug-likeness (QED) is 0.884.